The van der Waals surface area contributed by atoms with Crippen molar-refractivity contribution in [3.05, 3.63) is 24.3 Å². The van der Waals surface area contributed by atoms with E-state index in [1.165, 1.54) is 148 Å². The molecule has 0 aliphatic heterocycles. The smallest absolute Gasteiger partial charge is 0.306 e. The Hall–Kier alpha value is -2.11. The monoisotopic (exact) mass is 789 g/mol. The first-order valence-corrected chi connectivity index (χ1v) is 24.3. The van der Waals surface area contributed by atoms with Crippen molar-refractivity contribution >= 4 is 17.9 Å². The molecule has 0 aliphatic carbocycles. The minimum Gasteiger partial charge on any atom is -0.462 e. The molecule has 6 nitrogen and oxygen atoms in total. The molecule has 0 radical (unpaired) electrons. The summed E-state index contributed by atoms with van der Waals surface area (Å²) in [5.41, 5.74) is 0. The summed E-state index contributed by atoms with van der Waals surface area (Å²) in [5, 5.41) is 0. The molecule has 0 heterocycles. The summed E-state index contributed by atoms with van der Waals surface area (Å²) < 4.78 is 16.7. The largest absolute Gasteiger partial charge is 0.462 e. The number of unbranched alkanes of at least 4 members (excludes halogenated alkanes) is 29. The van der Waals surface area contributed by atoms with Gasteiger partial charge in [0.15, 0.2) is 6.10 Å². The second-order valence-corrected chi connectivity index (χ2v) is 16.4. The highest BCUT2D eigenvalue weighted by Gasteiger charge is 2.19. The van der Waals surface area contributed by atoms with Crippen molar-refractivity contribution in [3.8, 4) is 0 Å². The zero-order valence-electron chi connectivity index (χ0n) is 37.4. The number of hydrogen-bond donors (Lipinski definition) is 0. The average Bonchev–Trinajstić information content (AvgIpc) is 3.19. The van der Waals surface area contributed by atoms with Crippen LogP contribution in [-0.2, 0) is 28.6 Å². The normalized spacial score (nSPS) is 12.1. The molecule has 56 heavy (non-hydrogen) atoms. The van der Waals surface area contributed by atoms with Crippen molar-refractivity contribution in [2.24, 2.45) is 0 Å². The Labute approximate surface area is 347 Å². The number of carbonyl (C=O) groups excluding carboxylic acids is 3. The minimum absolute atomic E-state index is 0.0748. The van der Waals surface area contributed by atoms with Crippen molar-refractivity contribution in [1.29, 1.82) is 0 Å². The second-order valence-electron chi connectivity index (χ2n) is 16.4. The number of allylic oxidation sites excluding steroid dienone is 4. The highest BCUT2D eigenvalue weighted by molar-refractivity contribution is 5.71. The lowest BCUT2D eigenvalue weighted by atomic mass is 10.1. The summed E-state index contributed by atoms with van der Waals surface area (Å²) >= 11 is 0. The highest BCUT2D eigenvalue weighted by atomic mass is 16.6. The predicted octanol–water partition coefficient (Wildman–Crippen LogP) is 15.6. The molecule has 1 atom stereocenters. The van der Waals surface area contributed by atoms with Gasteiger partial charge in [0.25, 0.3) is 0 Å². The van der Waals surface area contributed by atoms with Crippen LogP contribution >= 0.6 is 0 Å². The molecule has 328 valence electrons. The Morgan fingerprint density at radius 2 is 0.589 bits per heavy atom. The van der Waals surface area contributed by atoms with Crippen LogP contribution in [0.3, 0.4) is 0 Å². The molecular formula is C50H92O6. The summed E-state index contributed by atoms with van der Waals surface area (Å²) in [7, 11) is 0. The third-order valence-electron chi connectivity index (χ3n) is 10.7. The second kappa shape index (κ2) is 45.6. The molecule has 0 aliphatic rings. The van der Waals surface area contributed by atoms with E-state index in [0.29, 0.717) is 19.3 Å². The zero-order chi connectivity index (χ0) is 40.8. The van der Waals surface area contributed by atoms with E-state index in [2.05, 4.69) is 45.1 Å². The molecule has 0 aromatic carbocycles. The molecule has 0 saturated carbocycles. The van der Waals surface area contributed by atoms with E-state index in [-0.39, 0.29) is 31.1 Å². The van der Waals surface area contributed by atoms with Gasteiger partial charge in [0.05, 0.1) is 0 Å². The van der Waals surface area contributed by atoms with Crippen LogP contribution in [0.5, 0.6) is 0 Å². The van der Waals surface area contributed by atoms with Crippen LogP contribution in [0.2, 0.25) is 0 Å². The first-order chi connectivity index (χ1) is 27.5. The fourth-order valence-corrected chi connectivity index (χ4v) is 6.96. The molecule has 0 N–H and O–H groups in total. The Morgan fingerprint density at radius 3 is 0.893 bits per heavy atom. The molecule has 0 aromatic heterocycles. The Balaban J connectivity index is 4.32. The molecule has 0 saturated heterocycles. The van der Waals surface area contributed by atoms with Crippen molar-refractivity contribution in [3.63, 3.8) is 0 Å². The molecular weight excluding hydrogens is 697 g/mol. The van der Waals surface area contributed by atoms with E-state index in [4.69, 9.17) is 14.2 Å². The molecule has 0 aromatic rings. The maximum Gasteiger partial charge on any atom is 0.306 e. The summed E-state index contributed by atoms with van der Waals surface area (Å²) in [6.45, 7) is 6.59. The summed E-state index contributed by atoms with van der Waals surface area (Å²) in [5.74, 6) is -0.889. The lowest BCUT2D eigenvalue weighted by Crippen LogP contribution is -2.30. The van der Waals surface area contributed by atoms with Crippen molar-refractivity contribution in [2.45, 2.75) is 264 Å². The van der Waals surface area contributed by atoms with E-state index in [0.717, 1.165) is 70.6 Å². The quantitative estimate of drug-likeness (QED) is 0.0265. The SMILES string of the molecule is CCCCCCCC/C=C\CCCCCCCC(=O)OCC(COC(=O)CCCCCCCCCC)OC(=O)CCCCCCC/C=C\CCCCCCCC. The van der Waals surface area contributed by atoms with Crippen LogP contribution in [-0.4, -0.2) is 37.2 Å². The molecule has 6 heteroatoms. The maximum atomic E-state index is 12.7. The van der Waals surface area contributed by atoms with Crippen LogP contribution in [0.4, 0.5) is 0 Å². The van der Waals surface area contributed by atoms with Crippen molar-refractivity contribution in [2.75, 3.05) is 13.2 Å². The van der Waals surface area contributed by atoms with Crippen LogP contribution < -0.4 is 0 Å². The van der Waals surface area contributed by atoms with Gasteiger partial charge in [0.1, 0.15) is 13.2 Å². The fourth-order valence-electron chi connectivity index (χ4n) is 6.96. The lowest BCUT2D eigenvalue weighted by molar-refractivity contribution is -0.167. The van der Waals surface area contributed by atoms with Crippen LogP contribution in [0.15, 0.2) is 24.3 Å². The third kappa shape index (κ3) is 43.0. The van der Waals surface area contributed by atoms with E-state index >= 15 is 0 Å². The predicted molar refractivity (Wildman–Crippen MR) is 238 cm³/mol. The van der Waals surface area contributed by atoms with Gasteiger partial charge in [-0.2, -0.15) is 0 Å². The number of ether oxygens (including phenoxy) is 3. The molecule has 0 fully saturated rings. The summed E-state index contributed by atoms with van der Waals surface area (Å²) in [6.07, 6.45) is 50.2. The van der Waals surface area contributed by atoms with Gasteiger partial charge in [-0.3, -0.25) is 14.4 Å². The van der Waals surface area contributed by atoms with Crippen molar-refractivity contribution < 1.29 is 28.6 Å². The standard InChI is InChI=1S/C50H92O6/c1-4-7-10-13-16-19-21-23-25-27-29-31-34-37-40-43-49(52)55-46-47(45-54-48(51)42-39-36-33-18-15-12-9-6-3)56-50(53)44-41-38-35-32-30-28-26-24-22-20-17-14-11-8-5-2/h23-26,47H,4-22,27-46H2,1-3H3/b25-23-,26-24-. The van der Waals surface area contributed by atoms with Crippen LogP contribution in [0, 0.1) is 0 Å². The Morgan fingerprint density at radius 1 is 0.339 bits per heavy atom. The molecule has 0 rings (SSSR count). The van der Waals surface area contributed by atoms with Gasteiger partial charge >= 0.3 is 17.9 Å². The average molecular weight is 789 g/mol. The number of esters is 3. The lowest BCUT2D eigenvalue weighted by Gasteiger charge is -2.18. The summed E-state index contributed by atoms with van der Waals surface area (Å²) in [4.78, 5) is 37.7. The number of hydrogen-bond acceptors (Lipinski definition) is 6. The minimum atomic E-state index is -0.772. The van der Waals surface area contributed by atoms with Gasteiger partial charge < -0.3 is 14.2 Å². The molecule has 1 unspecified atom stereocenters. The van der Waals surface area contributed by atoms with Gasteiger partial charge in [0.2, 0.25) is 0 Å². The van der Waals surface area contributed by atoms with Crippen molar-refractivity contribution in [1.82, 2.24) is 0 Å². The van der Waals surface area contributed by atoms with Gasteiger partial charge in [-0.15, -0.1) is 0 Å². The Bertz CT molecular complexity index is 911. The van der Waals surface area contributed by atoms with Crippen LogP contribution in [0.25, 0.3) is 0 Å². The van der Waals surface area contributed by atoms with Gasteiger partial charge in [-0.05, 0) is 70.6 Å². The van der Waals surface area contributed by atoms with E-state index in [1.54, 1.807) is 0 Å². The maximum absolute atomic E-state index is 12.7. The van der Waals surface area contributed by atoms with E-state index < -0.39 is 6.10 Å². The summed E-state index contributed by atoms with van der Waals surface area (Å²) in [6, 6.07) is 0. The van der Waals surface area contributed by atoms with Gasteiger partial charge in [-0.25, -0.2) is 0 Å². The third-order valence-corrected chi connectivity index (χ3v) is 10.7. The molecule has 0 bridgehead atoms. The number of rotatable bonds is 44. The highest BCUT2D eigenvalue weighted by Crippen LogP contribution is 2.14. The van der Waals surface area contributed by atoms with Crippen LogP contribution in [0.1, 0.15) is 258 Å². The molecule has 0 amide bonds. The van der Waals surface area contributed by atoms with Gasteiger partial charge in [-0.1, -0.05) is 193 Å². The Kier molecular flexibility index (Phi) is 43.9. The van der Waals surface area contributed by atoms with Gasteiger partial charge in [0, 0.05) is 19.3 Å². The van der Waals surface area contributed by atoms with E-state index in [1.807, 2.05) is 0 Å². The first-order valence-electron chi connectivity index (χ1n) is 24.3. The zero-order valence-corrected chi connectivity index (χ0v) is 37.4. The molecule has 0 spiro atoms. The first kappa shape index (κ1) is 53.9. The number of carbonyl (C=O) groups is 3. The topological polar surface area (TPSA) is 78.9 Å². The van der Waals surface area contributed by atoms with E-state index in [9.17, 15) is 14.4 Å². The fraction of sp³-hybridized carbons (Fsp3) is 0.860.